The Morgan fingerprint density at radius 3 is 2.48 bits per heavy atom. The van der Waals surface area contributed by atoms with Gasteiger partial charge in [-0.3, -0.25) is 0 Å². The molecule has 0 amide bonds. The fourth-order valence-corrected chi connectivity index (χ4v) is 3.06. The molecule has 0 atom stereocenters. The second-order valence-electron chi connectivity index (χ2n) is 6.05. The van der Waals surface area contributed by atoms with Crippen LogP contribution in [0.25, 0.3) is 21.0 Å². The second-order valence-corrected chi connectivity index (χ2v) is 7.26. The van der Waals surface area contributed by atoms with E-state index in [1.165, 1.54) is 10.4 Å². The van der Waals surface area contributed by atoms with Crippen molar-refractivity contribution in [1.29, 1.82) is 0 Å². The molecule has 0 saturated heterocycles. The minimum absolute atomic E-state index is 0.164. The van der Waals surface area contributed by atoms with Crippen molar-refractivity contribution < 1.29 is 0 Å². The first kappa shape index (κ1) is 15.5. The number of aryl methyl sites for hydroxylation is 1. The Hall–Kier alpha value is -1.84. The molecule has 21 heavy (non-hydrogen) atoms. The zero-order valence-electron chi connectivity index (χ0n) is 12.9. The van der Waals surface area contributed by atoms with Crippen LogP contribution in [-0.2, 0) is 11.8 Å². The van der Waals surface area contributed by atoms with E-state index < -0.39 is 0 Å². The molecule has 1 aromatic carbocycles. The highest BCUT2D eigenvalue weighted by atomic mass is 32.1. The van der Waals surface area contributed by atoms with Gasteiger partial charge < -0.3 is 0 Å². The standard InChI is InChI=1S/C16H20N4S/c1-11-14(9-10-18-20-17)19-15(21-11)12-5-7-13(8-6-12)16(2,3)4/h5-8H,9-10H2,1-4H3. The number of thiazole rings is 1. The van der Waals surface area contributed by atoms with E-state index in [0.717, 1.165) is 16.3 Å². The van der Waals surface area contributed by atoms with E-state index >= 15 is 0 Å². The maximum atomic E-state index is 8.33. The third-order valence-corrected chi connectivity index (χ3v) is 4.46. The minimum atomic E-state index is 0.164. The van der Waals surface area contributed by atoms with E-state index in [2.05, 4.69) is 67.0 Å². The molecule has 2 aromatic rings. The van der Waals surface area contributed by atoms with Gasteiger partial charge in [-0.1, -0.05) is 50.2 Å². The molecule has 5 heteroatoms. The van der Waals surface area contributed by atoms with Crippen LogP contribution in [0.15, 0.2) is 29.4 Å². The van der Waals surface area contributed by atoms with Gasteiger partial charge in [-0.2, -0.15) is 0 Å². The molecule has 0 radical (unpaired) electrons. The van der Waals surface area contributed by atoms with Crippen molar-refractivity contribution in [1.82, 2.24) is 4.98 Å². The van der Waals surface area contributed by atoms with Crippen molar-refractivity contribution in [2.45, 2.75) is 39.5 Å². The first-order valence-electron chi connectivity index (χ1n) is 7.00. The summed E-state index contributed by atoms with van der Waals surface area (Å²) in [5.74, 6) is 0. The predicted molar refractivity (Wildman–Crippen MR) is 88.7 cm³/mol. The lowest BCUT2D eigenvalue weighted by atomic mass is 9.87. The summed E-state index contributed by atoms with van der Waals surface area (Å²) in [6.45, 7) is 9.16. The zero-order valence-corrected chi connectivity index (χ0v) is 13.7. The Kier molecular flexibility index (Phi) is 4.66. The van der Waals surface area contributed by atoms with Crippen LogP contribution in [0.3, 0.4) is 0 Å². The topological polar surface area (TPSA) is 61.7 Å². The highest BCUT2D eigenvalue weighted by Crippen LogP contribution is 2.30. The molecule has 0 saturated carbocycles. The normalized spacial score (nSPS) is 11.2. The SMILES string of the molecule is Cc1sc(-c2ccc(C(C)(C)C)cc2)nc1CCN=[N+]=[N-]. The van der Waals surface area contributed by atoms with Crippen molar-refractivity contribution >= 4 is 11.3 Å². The van der Waals surface area contributed by atoms with Gasteiger partial charge in [0.05, 0.1) is 5.69 Å². The third-order valence-electron chi connectivity index (χ3n) is 3.40. The molecule has 110 valence electrons. The summed E-state index contributed by atoms with van der Waals surface area (Å²) in [7, 11) is 0. The van der Waals surface area contributed by atoms with E-state index in [4.69, 9.17) is 5.53 Å². The molecule has 1 heterocycles. The van der Waals surface area contributed by atoms with Gasteiger partial charge in [0.25, 0.3) is 0 Å². The van der Waals surface area contributed by atoms with Gasteiger partial charge in [0, 0.05) is 21.9 Å². The summed E-state index contributed by atoms with van der Waals surface area (Å²) in [6.07, 6.45) is 0.701. The lowest BCUT2D eigenvalue weighted by Gasteiger charge is -2.18. The quantitative estimate of drug-likeness (QED) is 0.431. The molecular weight excluding hydrogens is 280 g/mol. The van der Waals surface area contributed by atoms with Gasteiger partial charge in [-0.15, -0.1) is 11.3 Å². The molecule has 1 aromatic heterocycles. The average Bonchev–Trinajstić information content (AvgIpc) is 2.80. The van der Waals surface area contributed by atoms with Crippen LogP contribution in [0, 0.1) is 6.92 Å². The maximum absolute atomic E-state index is 8.33. The Labute approximate surface area is 129 Å². The van der Waals surface area contributed by atoms with Crippen molar-refractivity contribution in [3.63, 3.8) is 0 Å². The lowest BCUT2D eigenvalue weighted by molar-refractivity contribution is 0.590. The number of benzene rings is 1. The van der Waals surface area contributed by atoms with Gasteiger partial charge in [0.2, 0.25) is 0 Å². The molecule has 0 N–H and O–H groups in total. The van der Waals surface area contributed by atoms with E-state index in [9.17, 15) is 0 Å². The Bertz CT molecular complexity index is 659. The molecule has 0 unspecified atom stereocenters. The number of nitrogens with zero attached hydrogens (tertiary/aromatic N) is 4. The first-order chi connectivity index (χ1) is 9.91. The van der Waals surface area contributed by atoms with Crippen LogP contribution in [0.2, 0.25) is 0 Å². The number of azide groups is 1. The lowest BCUT2D eigenvalue weighted by Crippen LogP contribution is -2.10. The maximum Gasteiger partial charge on any atom is 0.123 e. The largest absolute Gasteiger partial charge is 0.241 e. The predicted octanol–water partition coefficient (Wildman–Crippen LogP) is 5.27. The summed E-state index contributed by atoms with van der Waals surface area (Å²) in [6, 6.07) is 8.61. The zero-order chi connectivity index (χ0) is 15.5. The van der Waals surface area contributed by atoms with Crippen LogP contribution >= 0.6 is 11.3 Å². The van der Waals surface area contributed by atoms with Crippen LogP contribution in [0.5, 0.6) is 0 Å². The van der Waals surface area contributed by atoms with Crippen LogP contribution in [0.1, 0.15) is 36.9 Å². The van der Waals surface area contributed by atoms with Gasteiger partial charge in [0.15, 0.2) is 0 Å². The van der Waals surface area contributed by atoms with Crippen molar-refractivity contribution in [3.05, 3.63) is 50.8 Å². The second kappa shape index (κ2) is 6.29. The Morgan fingerprint density at radius 1 is 1.24 bits per heavy atom. The van der Waals surface area contributed by atoms with Crippen LogP contribution < -0.4 is 0 Å². The van der Waals surface area contributed by atoms with Crippen molar-refractivity contribution in [2.75, 3.05) is 6.54 Å². The minimum Gasteiger partial charge on any atom is -0.241 e. The molecular formula is C16H20N4S. The van der Waals surface area contributed by atoms with Gasteiger partial charge >= 0.3 is 0 Å². The van der Waals surface area contributed by atoms with Crippen LogP contribution in [0.4, 0.5) is 0 Å². The summed E-state index contributed by atoms with van der Waals surface area (Å²) in [5.41, 5.74) is 12.0. The third kappa shape index (κ3) is 3.84. The molecule has 0 fully saturated rings. The van der Waals surface area contributed by atoms with E-state index in [-0.39, 0.29) is 5.41 Å². The molecule has 0 spiro atoms. The summed E-state index contributed by atoms with van der Waals surface area (Å²) in [4.78, 5) is 8.65. The van der Waals surface area contributed by atoms with E-state index in [1.54, 1.807) is 11.3 Å². The molecule has 0 aliphatic carbocycles. The van der Waals surface area contributed by atoms with Gasteiger partial charge in [-0.05, 0) is 29.9 Å². The van der Waals surface area contributed by atoms with Gasteiger partial charge in [-0.25, -0.2) is 4.98 Å². The average molecular weight is 300 g/mol. The van der Waals surface area contributed by atoms with Gasteiger partial charge in [0.1, 0.15) is 5.01 Å². The monoisotopic (exact) mass is 300 g/mol. The Balaban J connectivity index is 2.22. The molecule has 0 aliphatic heterocycles. The van der Waals surface area contributed by atoms with E-state index in [0.29, 0.717) is 13.0 Å². The van der Waals surface area contributed by atoms with E-state index in [1.807, 2.05) is 0 Å². The number of hydrogen-bond donors (Lipinski definition) is 0. The highest BCUT2D eigenvalue weighted by molar-refractivity contribution is 7.15. The summed E-state index contributed by atoms with van der Waals surface area (Å²) in [5, 5.41) is 4.61. The summed E-state index contributed by atoms with van der Waals surface area (Å²) >= 11 is 1.69. The fraction of sp³-hybridized carbons (Fsp3) is 0.438. The van der Waals surface area contributed by atoms with Crippen molar-refractivity contribution in [2.24, 2.45) is 5.11 Å². The number of hydrogen-bond acceptors (Lipinski definition) is 3. The number of aromatic nitrogens is 1. The van der Waals surface area contributed by atoms with Crippen LogP contribution in [-0.4, -0.2) is 11.5 Å². The molecule has 2 rings (SSSR count). The fourth-order valence-electron chi connectivity index (χ4n) is 2.10. The first-order valence-corrected chi connectivity index (χ1v) is 7.81. The molecule has 4 nitrogen and oxygen atoms in total. The summed E-state index contributed by atoms with van der Waals surface area (Å²) < 4.78 is 0. The molecule has 0 aliphatic rings. The highest BCUT2D eigenvalue weighted by Gasteiger charge is 2.14. The Morgan fingerprint density at radius 2 is 1.90 bits per heavy atom. The molecule has 0 bridgehead atoms. The van der Waals surface area contributed by atoms with Crippen molar-refractivity contribution in [3.8, 4) is 10.6 Å². The smallest absolute Gasteiger partial charge is 0.123 e. The number of rotatable bonds is 4.